The van der Waals surface area contributed by atoms with Crippen LogP contribution in [0.1, 0.15) is 57.8 Å². The van der Waals surface area contributed by atoms with Crippen LogP contribution in [0.25, 0.3) is 10.9 Å². The van der Waals surface area contributed by atoms with E-state index in [0.717, 1.165) is 33.1 Å². The van der Waals surface area contributed by atoms with Gasteiger partial charge in [-0.2, -0.15) is 9.78 Å². The lowest BCUT2D eigenvalue weighted by atomic mass is 10.1. The van der Waals surface area contributed by atoms with Crippen molar-refractivity contribution >= 4 is 49.0 Å². The molecule has 2 atom stereocenters. The first kappa shape index (κ1) is 22.7. The third-order valence-corrected chi connectivity index (χ3v) is 6.06. The van der Waals surface area contributed by atoms with Crippen molar-refractivity contribution in [1.29, 1.82) is 0 Å². The average Bonchev–Trinajstić information content (AvgIpc) is 2.74. The number of hydrogen-bond acceptors (Lipinski definition) is 4. The van der Waals surface area contributed by atoms with E-state index in [9.17, 15) is 4.79 Å². The quantitative estimate of drug-likeness (QED) is 0.325. The second-order valence-electron chi connectivity index (χ2n) is 7.32. The molecular formula is C23H25Br2N3O2. The van der Waals surface area contributed by atoms with Crippen molar-refractivity contribution in [3.8, 4) is 5.75 Å². The zero-order chi connectivity index (χ0) is 21.8. The van der Waals surface area contributed by atoms with Crippen molar-refractivity contribution in [2.24, 2.45) is 5.10 Å². The first-order valence-corrected chi connectivity index (χ1v) is 11.6. The Balaban J connectivity index is 2.15. The summed E-state index contributed by atoms with van der Waals surface area (Å²) >= 11 is 6.95. The lowest BCUT2D eigenvalue weighted by Gasteiger charge is -2.16. The summed E-state index contributed by atoms with van der Waals surface area (Å²) in [4.78, 5) is 18.0. The number of aromatic nitrogens is 2. The van der Waals surface area contributed by atoms with Gasteiger partial charge in [-0.25, -0.2) is 4.98 Å². The molecule has 0 aliphatic rings. The van der Waals surface area contributed by atoms with Gasteiger partial charge in [0.05, 0.1) is 23.2 Å². The highest BCUT2D eigenvalue weighted by molar-refractivity contribution is 9.10. The van der Waals surface area contributed by atoms with E-state index in [4.69, 9.17) is 9.72 Å². The molecule has 0 aliphatic heterocycles. The summed E-state index contributed by atoms with van der Waals surface area (Å²) in [7, 11) is 0. The van der Waals surface area contributed by atoms with Crippen LogP contribution >= 0.6 is 31.9 Å². The minimum Gasteiger partial charge on any atom is -0.490 e. The zero-order valence-electron chi connectivity index (χ0n) is 17.5. The van der Waals surface area contributed by atoms with E-state index < -0.39 is 0 Å². The van der Waals surface area contributed by atoms with E-state index in [1.807, 2.05) is 37.3 Å². The Hall–Kier alpha value is -1.99. The molecule has 0 unspecified atom stereocenters. The van der Waals surface area contributed by atoms with Crippen LogP contribution in [0.5, 0.6) is 5.75 Å². The predicted octanol–water partition coefficient (Wildman–Crippen LogP) is 6.49. The Labute approximate surface area is 193 Å². The van der Waals surface area contributed by atoms with Crippen LogP contribution in [-0.4, -0.2) is 22.0 Å². The minimum atomic E-state index is -0.188. The van der Waals surface area contributed by atoms with Gasteiger partial charge in [-0.15, -0.1) is 0 Å². The summed E-state index contributed by atoms with van der Waals surface area (Å²) in [5.41, 5.74) is 1.28. The molecule has 0 N–H and O–H groups in total. The highest BCUT2D eigenvalue weighted by Gasteiger charge is 2.16. The highest BCUT2D eigenvalue weighted by atomic mass is 79.9. The molecule has 0 saturated heterocycles. The number of ether oxygens (including phenoxy) is 1. The Morgan fingerprint density at radius 2 is 1.80 bits per heavy atom. The normalized spacial score (nSPS) is 13.7. The molecule has 3 aromatic rings. The van der Waals surface area contributed by atoms with Crippen molar-refractivity contribution in [2.45, 2.75) is 52.6 Å². The molecule has 7 heteroatoms. The molecule has 0 spiro atoms. The molecule has 2 aromatic carbocycles. The van der Waals surface area contributed by atoms with Gasteiger partial charge in [-0.05, 0) is 56.2 Å². The molecule has 0 radical (unpaired) electrons. The number of rotatable bonds is 7. The second-order valence-corrected chi connectivity index (χ2v) is 9.15. The second kappa shape index (κ2) is 9.88. The fourth-order valence-electron chi connectivity index (χ4n) is 2.93. The first-order valence-electron chi connectivity index (χ1n) is 10.1. The Kier molecular flexibility index (Phi) is 7.47. The van der Waals surface area contributed by atoms with E-state index in [1.165, 1.54) is 4.68 Å². The molecule has 0 saturated carbocycles. The molecular weight excluding hydrogens is 510 g/mol. The molecule has 5 nitrogen and oxygen atoms in total. The van der Waals surface area contributed by atoms with E-state index in [1.54, 1.807) is 12.3 Å². The molecule has 1 heterocycles. The highest BCUT2D eigenvalue weighted by Crippen LogP contribution is 2.24. The van der Waals surface area contributed by atoms with Crippen LogP contribution in [-0.2, 0) is 0 Å². The summed E-state index contributed by atoms with van der Waals surface area (Å²) < 4.78 is 9.19. The van der Waals surface area contributed by atoms with Gasteiger partial charge < -0.3 is 4.74 Å². The smallest absolute Gasteiger partial charge is 0.282 e. The summed E-state index contributed by atoms with van der Waals surface area (Å²) in [6.45, 7) is 8.23. The molecule has 3 rings (SSSR count). The maximum absolute atomic E-state index is 13.3. The lowest BCUT2D eigenvalue weighted by molar-refractivity contribution is 0.217. The van der Waals surface area contributed by atoms with Gasteiger partial charge in [0, 0.05) is 20.4 Å². The molecule has 30 heavy (non-hydrogen) atoms. The Bertz CT molecular complexity index is 1140. The maximum atomic E-state index is 13.3. The van der Waals surface area contributed by atoms with Gasteiger partial charge in [0.25, 0.3) is 5.56 Å². The number of fused-ring (bicyclic) bond motifs is 1. The van der Waals surface area contributed by atoms with Crippen LogP contribution in [0.2, 0.25) is 0 Å². The molecule has 0 amide bonds. The van der Waals surface area contributed by atoms with Crippen molar-refractivity contribution in [3.05, 3.63) is 67.1 Å². The number of benzene rings is 2. The van der Waals surface area contributed by atoms with E-state index in [0.29, 0.717) is 16.7 Å². The van der Waals surface area contributed by atoms with E-state index in [-0.39, 0.29) is 17.6 Å². The van der Waals surface area contributed by atoms with Gasteiger partial charge in [-0.1, -0.05) is 52.6 Å². The minimum absolute atomic E-state index is 0.0800. The summed E-state index contributed by atoms with van der Waals surface area (Å²) in [5.74, 6) is 1.46. The van der Waals surface area contributed by atoms with Crippen LogP contribution < -0.4 is 10.3 Å². The Morgan fingerprint density at radius 3 is 2.50 bits per heavy atom. The third kappa shape index (κ3) is 5.01. The van der Waals surface area contributed by atoms with Crippen LogP contribution in [0, 0.1) is 0 Å². The van der Waals surface area contributed by atoms with E-state index >= 15 is 0 Å². The maximum Gasteiger partial charge on any atom is 0.282 e. The van der Waals surface area contributed by atoms with Crippen molar-refractivity contribution < 1.29 is 4.74 Å². The van der Waals surface area contributed by atoms with E-state index in [2.05, 4.69) is 57.7 Å². The molecule has 0 fully saturated rings. The fraction of sp³-hybridized carbons (Fsp3) is 0.348. The monoisotopic (exact) mass is 533 g/mol. The van der Waals surface area contributed by atoms with Crippen LogP contribution in [0.4, 0.5) is 0 Å². The fourth-order valence-corrected chi connectivity index (χ4v) is 3.67. The topological polar surface area (TPSA) is 56.5 Å². The molecule has 1 aromatic heterocycles. The van der Waals surface area contributed by atoms with Crippen LogP contribution in [0.3, 0.4) is 0 Å². The standard InChI is InChI=1S/C23H25Br2N3O2/c1-5-14(3)22-27-20-9-7-18(25)12-19(20)23(29)28(22)26-13-16-11-17(24)8-10-21(16)30-15(4)6-2/h7-15H,5-6H2,1-4H3/t14-,15+/m1/s1. The number of halogens is 2. The van der Waals surface area contributed by atoms with Gasteiger partial charge in [0.2, 0.25) is 0 Å². The molecule has 0 bridgehead atoms. The summed E-state index contributed by atoms with van der Waals surface area (Å²) in [6.07, 6.45) is 3.49. The molecule has 0 aliphatic carbocycles. The van der Waals surface area contributed by atoms with Gasteiger partial charge in [0.15, 0.2) is 0 Å². The van der Waals surface area contributed by atoms with Crippen LogP contribution in [0.15, 0.2) is 55.2 Å². The molecule has 158 valence electrons. The SMILES string of the molecule is CC[C@@H](C)c1nc2ccc(Br)cc2c(=O)n1N=Cc1cc(Br)ccc1O[C@@H](C)CC. The lowest BCUT2D eigenvalue weighted by Crippen LogP contribution is -2.23. The third-order valence-electron chi connectivity index (χ3n) is 5.07. The zero-order valence-corrected chi connectivity index (χ0v) is 20.7. The van der Waals surface area contributed by atoms with Gasteiger partial charge in [0.1, 0.15) is 11.6 Å². The first-order chi connectivity index (χ1) is 14.3. The number of nitrogens with zero attached hydrogens (tertiary/aromatic N) is 3. The van der Waals surface area contributed by atoms with Gasteiger partial charge >= 0.3 is 0 Å². The number of hydrogen-bond donors (Lipinski definition) is 0. The van der Waals surface area contributed by atoms with Crippen molar-refractivity contribution in [3.63, 3.8) is 0 Å². The average molecular weight is 535 g/mol. The summed E-state index contributed by atoms with van der Waals surface area (Å²) in [6, 6.07) is 11.3. The largest absolute Gasteiger partial charge is 0.490 e. The van der Waals surface area contributed by atoms with Gasteiger partial charge in [-0.3, -0.25) is 4.79 Å². The van der Waals surface area contributed by atoms with Crippen molar-refractivity contribution in [2.75, 3.05) is 0 Å². The Morgan fingerprint density at radius 1 is 1.10 bits per heavy atom. The predicted molar refractivity (Wildman–Crippen MR) is 130 cm³/mol. The summed E-state index contributed by atoms with van der Waals surface area (Å²) in [5, 5.41) is 5.09. The van der Waals surface area contributed by atoms with Crippen molar-refractivity contribution in [1.82, 2.24) is 9.66 Å².